The van der Waals surface area contributed by atoms with Crippen LogP contribution >= 0.6 is 11.6 Å². The molecule has 122 valence electrons. The lowest BCUT2D eigenvalue weighted by Gasteiger charge is -2.10. The zero-order chi connectivity index (χ0) is 17.3. The number of aryl methyl sites for hydroxylation is 1. The molecule has 0 saturated heterocycles. The van der Waals surface area contributed by atoms with Gasteiger partial charge in [-0.2, -0.15) is 5.10 Å². The summed E-state index contributed by atoms with van der Waals surface area (Å²) < 4.78 is 28.5. The number of carbonyl (C=O) groups excluding carboxylic acids is 1. The minimum absolute atomic E-state index is 0.323. The Labute approximate surface area is 141 Å². The van der Waals surface area contributed by atoms with E-state index in [0.717, 1.165) is 18.2 Å². The van der Waals surface area contributed by atoms with E-state index < -0.39 is 17.5 Å². The molecule has 1 aromatic heterocycles. The number of amides is 1. The molecule has 0 aliphatic rings. The van der Waals surface area contributed by atoms with Gasteiger partial charge >= 0.3 is 0 Å². The molecule has 0 spiro atoms. The van der Waals surface area contributed by atoms with Crippen molar-refractivity contribution in [2.45, 2.75) is 6.92 Å². The SMILES string of the molecule is Cc1cc(NC(=O)c2cc(F)ccc2F)n(-c2cccc(Cl)c2)n1. The van der Waals surface area contributed by atoms with Crippen LogP contribution in [0.3, 0.4) is 0 Å². The molecule has 1 amide bonds. The van der Waals surface area contributed by atoms with E-state index >= 15 is 0 Å². The van der Waals surface area contributed by atoms with Crippen molar-refractivity contribution >= 4 is 23.3 Å². The van der Waals surface area contributed by atoms with E-state index in [1.165, 1.54) is 4.68 Å². The largest absolute Gasteiger partial charge is 0.306 e. The van der Waals surface area contributed by atoms with Gasteiger partial charge in [0.05, 0.1) is 16.9 Å². The third-order valence-corrected chi connectivity index (χ3v) is 3.53. The van der Waals surface area contributed by atoms with Gasteiger partial charge in [0.1, 0.15) is 17.5 Å². The molecule has 0 aliphatic carbocycles. The Balaban J connectivity index is 1.96. The summed E-state index contributed by atoms with van der Waals surface area (Å²) in [6.45, 7) is 1.75. The van der Waals surface area contributed by atoms with Gasteiger partial charge in [-0.1, -0.05) is 17.7 Å². The summed E-state index contributed by atoms with van der Waals surface area (Å²) in [5.74, 6) is -1.95. The first kappa shape index (κ1) is 16.1. The van der Waals surface area contributed by atoms with Crippen LogP contribution in [-0.2, 0) is 0 Å². The summed E-state index contributed by atoms with van der Waals surface area (Å²) in [6, 6.07) is 11.2. The normalized spacial score (nSPS) is 10.7. The van der Waals surface area contributed by atoms with E-state index in [-0.39, 0.29) is 5.56 Å². The summed E-state index contributed by atoms with van der Waals surface area (Å²) in [5.41, 5.74) is 0.891. The fourth-order valence-electron chi connectivity index (χ4n) is 2.25. The van der Waals surface area contributed by atoms with E-state index in [1.54, 1.807) is 37.3 Å². The minimum Gasteiger partial charge on any atom is -0.306 e. The van der Waals surface area contributed by atoms with Crippen LogP contribution in [0.25, 0.3) is 5.69 Å². The molecule has 0 radical (unpaired) electrons. The molecule has 0 aliphatic heterocycles. The van der Waals surface area contributed by atoms with E-state index in [1.807, 2.05) is 0 Å². The highest BCUT2D eigenvalue weighted by Crippen LogP contribution is 2.21. The molecule has 0 fully saturated rings. The van der Waals surface area contributed by atoms with E-state index in [2.05, 4.69) is 10.4 Å². The van der Waals surface area contributed by atoms with Gasteiger partial charge in [-0.05, 0) is 43.3 Å². The molecule has 4 nitrogen and oxygen atoms in total. The molecule has 0 atom stereocenters. The van der Waals surface area contributed by atoms with Gasteiger partial charge in [0, 0.05) is 11.1 Å². The van der Waals surface area contributed by atoms with Crippen LogP contribution < -0.4 is 5.32 Å². The number of halogens is 3. The summed E-state index contributed by atoms with van der Waals surface area (Å²) >= 11 is 5.97. The van der Waals surface area contributed by atoms with Gasteiger partial charge < -0.3 is 5.32 Å². The summed E-state index contributed by atoms with van der Waals surface area (Å²) in [5, 5.41) is 7.34. The molecular formula is C17H12ClF2N3O. The van der Waals surface area contributed by atoms with Gasteiger partial charge in [0.25, 0.3) is 5.91 Å². The highest BCUT2D eigenvalue weighted by atomic mass is 35.5. The zero-order valence-electron chi connectivity index (χ0n) is 12.6. The standard InChI is InChI=1S/C17H12ClF2N3O/c1-10-7-16(23(22-10)13-4-2-3-11(18)8-13)21-17(24)14-9-12(19)5-6-15(14)20/h2-9H,1H3,(H,21,24). The maximum absolute atomic E-state index is 13.7. The Hall–Kier alpha value is -2.73. The van der Waals surface area contributed by atoms with Gasteiger partial charge in [-0.15, -0.1) is 0 Å². The molecule has 1 heterocycles. The molecule has 7 heteroatoms. The molecule has 24 heavy (non-hydrogen) atoms. The van der Waals surface area contributed by atoms with Gasteiger partial charge in [0.2, 0.25) is 0 Å². The molecule has 0 unspecified atom stereocenters. The monoisotopic (exact) mass is 347 g/mol. The maximum atomic E-state index is 13.7. The molecule has 3 aromatic rings. The number of anilines is 1. The number of hydrogen-bond acceptors (Lipinski definition) is 2. The van der Waals surface area contributed by atoms with E-state index in [9.17, 15) is 13.6 Å². The van der Waals surface area contributed by atoms with Crippen LogP contribution in [0.2, 0.25) is 5.02 Å². The van der Waals surface area contributed by atoms with Crippen LogP contribution in [-0.4, -0.2) is 15.7 Å². The minimum atomic E-state index is -0.806. The second-order valence-corrected chi connectivity index (χ2v) is 5.58. The van der Waals surface area contributed by atoms with Crippen molar-refractivity contribution < 1.29 is 13.6 Å². The number of nitrogens with zero attached hydrogens (tertiary/aromatic N) is 2. The van der Waals surface area contributed by atoms with Gasteiger partial charge in [0.15, 0.2) is 0 Å². The number of carbonyl (C=O) groups is 1. The number of aromatic nitrogens is 2. The molecule has 3 rings (SSSR count). The Kier molecular flexibility index (Phi) is 4.31. The summed E-state index contributed by atoms with van der Waals surface area (Å²) in [4.78, 5) is 12.3. The number of benzene rings is 2. The van der Waals surface area contributed by atoms with Crippen molar-refractivity contribution in [1.82, 2.24) is 9.78 Å². The lowest BCUT2D eigenvalue weighted by Crippen LogP contribution is -2.16. The van der Waals surface area contributed by atoms with E-state index in [0.29, 0.717) is 22.2 Å². The van der Waals surface area contributed by atoms with Crippen LogP contribution in [0, 0.1) is 18.6 Å². The molecule has 2 aromatic carbocycles. The highest BCUT2D eigenvalue weighted by molar-refractivity contribution is 6.30. The van der Waals surface area contributed by atoms with Crippen LogP contribution in [0.4, 0.5) is 14.6 Å². The third-order valence-electron chi connectivity index (χ3n) is 3.30. The molecule has 0 bridgehead atoms. The van der Waals surface area contributed by atoms with Gasteiger partial charge in [-0.3, -0.25) is 4.79 Å². The first-order valence-electron chi connectivity index (χ1n) is 7.03. The quantitative estimate of drug-likeness (QED) is 0.765. The van der Waals surface area contributed by atoms with E-state index in [4.69, 9.17) is 11.6 Å². The van der Waals surface area contributed by atoms with Crippen molar-refractivity contribution in [1.29, 1.82) is 0 Å². The van der Waals surface area contributed by atoms with Crippen molar-refractivity contribution in [3.8, 4) is 5.69 Å². The topological polar surface area (TPSA) is 46.9 Å². The van der Waals surface area contributed by atoms with Crippen molar-refractivity contribution in [2.75, 3.05) is 5.32 Å². The first-order valence-corrected chi connectivity index (χ1v) is 7.41. The second-order valence-electron chi connectivity index (χ2n) is 5.14. The third kappa shape index (κ3) is 3.28. The smallest absolute Gasteiger partial charge is 0.259 e. The predicted octanol–water partition coefficient (Wildman–Crippen LogP) is 4.36. The lowest BCUT2D eigenvalue weighted by molar-refractivity contribution is 0.102. The second kappa shape index (κ2) is 6.41. The zero-order valence-corrected chi connectivity index (χ0v) is 13.3. The number of rotatable bonds is 3. The average Bonchev–Trinajstić information content (AvgIpc) is 2.90. The fourth-order valence-corrected chi connectivity index (χ4v) is 2.43. The summed E-state index contributed by atoms with van der Waals surface area (Å²) in [7, 11) is 0. The lowest BCUT2D eigenvalue weighted by atomic mass is 10.2. The number of hydrogen-bond donors (Lipinski definition) is 1. The fraction of sp³-hybridized carbons (Fsp3) is 0.0588. The first-order chi connectivity index (χ1) is 11.4. The van der Waals surface area contributed by atoms with Crippen molar-refractivity contribution in [2.24, 2.45) is 0 Å². The Morgan fingerprint density at radius 1 is 1.17 bits per heavy atom. The van der Waals surface area contributed by atoms with Crippen LogP contribution in [0.1, 0.15) is 16.1 Å². The van der Waals surface area contributed by atoms with Crippen molar-refractivity contribution in [3.05, 3.63) is 76.4 Å². The van der Waals surface area contributed by atoms with Crippen molar-refractivity contribution in [3.63, 3.8) is 0 Å². The average molecular weight is 348 g/mol. The maximum Gasteiger partial charge on any atom is 0.259 e. The number of nitrogens with one attached hydrogen (secondary N) is 1. The predicted molar refractivity (Wildman–Crippen MR) is 87.6 cm³/mol. The Bertz CT molecular complexity index is 924. The Morgan fingerprint density at radius 3 is 2.71 bits per heavy atom. The molecule has 0 saturated carbocycles. The summed E-state index contributed by atoms with van der Waals surface area (Å²) in [6.07, 6.45) is 0. The van der Waals surface area contributed by atoms with Crippen LogP contribution in [0.5, 0.6) is 0 Å². The Morgan fingerprint density at radius 2 is 1.96 bits per heavy atom. The molecule has 1 N–H and O–H groups in total. The van der Waals surface area contributed by atoms with Gasteiger partial charge in [-0.25, -0.2) is 13.5 Å². The molecular weight excluding hydrogens is 336 g/mol. The van der Waals surface area contributed by atoms with Crippen LogP contribution in [0.15, 0.2) is 48.5 Å². The highest BCUT2D eigenvalue weighted by Gasteiger charge is 2.16.